The zero-order chi connectivity index (χ0) is 18.8. The first-order chi connectivity index (χ1) is 12.6. The van der Waals surface area contributed by atoms with Crippen molar-refractivity contribution >= 4 is 41.3 Å². The Kier molecular flexibility index (Phi) is 10.1. The molecule has 0 atom stereocenters. The van der Waals surface area contributed by atoms with Gasteiger partial charge in [0.1, 0.15) is 5.82 Å². The lowest BCUT2D eigenvalue weighted by molar-refractivity contribution is -0.384. The molecule has 0 spiro atoms. The summed E-state index contributed by atoms with van der Waals surface area (Å²) >= 11 is 0. The van der Waals surface area contributed by atoms with Crippen LogP contribution in [-0.2, 0) is 6.54 Å². The molecule has 2 aromatic rings. The summed E-state index contributed by atoms with van der Waals surface area (Å²) in [5.41, 5.74) is 1.80. The van der Waals surface area contributed by atoms with Crippen LogP contribution in [0.2, 0.25) is 0 Å². The first-order valence-electron chi connectivity index (χ1n) is 8.33. The van der Waals surface area contributed by atoms with E-state index in [-0.39, 0.29) is 35.5 Å². The van der Waals surface area contributed by atoms with Gasteiger partial charge in [0.15, 0.2) is 5.96 Å². The minimum Gasteiger partial charge on any atom is -0.383 e. The highest BCUT2D eigenvalue weighted by molar-refractivity contribution is 14.0. The second kappa shape index (κ2) is 12.0. The molecule has 0 aliphatic rings. The average molecular weight is 487 g/mol. The maximum Gasteiger partial charge on any atom is 0.269 e. The third-order valence-electron chi connectivity index (χ3n) is 3.50. The van der Waals surface area contributed by atoms with E-state index in [1.54, 1.807) is 24.3 Å². The van der Waals surface area contributed by atoms with E-state index in [0.717, 1.165) is 17.8 Å². The summed E-state index contributed by atoms with van der Waals surface area (Å²) in [6, 6.07) is 12.5. The van der Waals surface area contributed by atoms with E-state index in [0.29, 0.717) is 25.6 Å². The number of halogens is 2. The monoisotopic (exact) mass is 487 g/mol. The highest BCUT2D eigenvalue weighted by atomic mass is 127. The lowest BCUT2D eigenvalue weighted by atomic mass is 10.2. The van der Waals surface area contributed by atoms with E-state index < -0.39 is 4.92 Å². The summed E-state index contributed by atoms with van der Waals surface area (Å²) in [7, 11) is 0. The highest BCUT2D eigenvalue weighted by Gasteiger charge is 2.03. The van der Waals surface area contributed by atoms with Crippen LogP contribution in [0.25, 0.3) is 0 Å². The standard InChI is InChI=1S/C18H22FN5O2.HI/c1-2-20-18(23-13-14-3-5-15(19)6-4-14)22-12-11-21-16-7-9-17(10-8-16)24(25)26;/h3-10,21H,2,11-13H2,1H3,(H2,20,22,23);1H. The zero-order valence-electron chi connectivity index (χ0n) is 14.9. The van der Waals surface area contributed by atoms with Crippen LogP contribution in [0.15, 0.2) is 53.5 Å². The van der Waals surface area contributed by atoms with Crippen LogP contribution in [0, 0.1) is 15.9 Å². The number of nitro groups is 1. The van der Waals surface area contributed by atoms with Crippen LogP contribution >= 0.6 is 24.0 Å². The van der Waals surface area contributed by atoms with E-state index >= 15 is 0 Å². The summed E-state index contributed by atoms with van der Waals surface area (Å²) in [4.78, 5) is 14.7. The molecule has 0 aliphatic heterocycles. The topological polar surface area (TPSA) is 91.6 Å². The van der Waals surface area contributed by atoms with E-state index in [1.807, 2.05) is 6.92 Å². The van der Waals surface area contributed by atoms with Crippen molar-refractivity contribution in [1.29, 1.82) is 0 Å². The molecule has 0 amide bonds. The summed E-state index contributed by atoms with van der Waals surface area (Å²) in [6.45, 7) is 4.39. The van der Waals surface area contributed by atoms with E-state index in [9.17, 15) is 14.5 Å². The third kappa shape index (κ3) is 8.20. The predicted molar refractivity (Wildman–Crippen MR) is 116 cm³/mol. The molecule has 0 saturated heterocycles. The first-order valence-corrected chi connectivity index (χ1v) is 8.33. The lowest BCUT2D eigenvalue weighted by Crippen LogP contribution is -2.39. The normalized spacial score (nSPS) is 10.7. The largest absolute Gasteiger partial charge is 0.383 e. The van der Waals surface area contributed by atoms with Gasteiger partial charge in [-0.25, -0.2) is 9.38 Å². The minimum absolute atomic E-state index is 0. The van der Waals surface area contributed by atoms with Crippen LogP contribution in [0.1, 0.15) is 12.5 Å². The molecule has 0 aromatic heterocycles. The number of nitrogens with one attached hydrogen (secondary N) is 3. The molecule has 0 bridgehead atoms. The summed E-state index contributed by atoms with van der Waals surface area (Å²) < 4.78 is 12.9. The van der Waals surface area contributed by atoms with Crippen molar-refractivity contribution < 1.29 is 9.31 Å². The maximum absolute atomic E-state index is 12.9. The number of nitro benzene ring substituents is 1. The van der Waals surface area contributed by atoms with E-state index in [4.69, 9.17) is 0 Å². The number of hydrogen-bond donors (Lipinski definition) is 3. The molecule has 0 fully saturated rings. The predicted octanol–water partition coefficient (Wildman–Crippen LogP) is 3.52. The molecular formula is C18H23FIN5O2. The first kappa shape index (κ1) is 22.6. The van der Waals surface area contributed by atoms with Crippen molar-refractivity contribution in [2.75, 3.05) is 25.0 Å². The van der Waals surface area contributed by atoms with Gasteiger partial charge in [-0.2, -0.15) is 0 Å². The third-order valence-corrected chi connectivity index (χ3v) is 3.50. The van der Waals surface area contributed by atoms with Crippen molar-refractivity contribution in [3.63, 3.8) is 0 Å². The molecule has 0 aliphatic carbocycles. The van der Waals surface area contributed by atoms with Gasteiger partial charge in [-0.15, -0.1) is 24.0 Å². The van der Waals surface area contributed by atoms with Crippen LogP contribution < -0.4 is 16.0 Å². The Morgan fingerprint density at radius 2 is 1.74 bits per heavy atom. The molecule has 0 heterocycles. The Hall–Kier alpha value is -2.43. The van der Waals surface area contributed by atoms with Gasteiger partial charge in [-0.3, -0.25) is 10.1 Å². The average Bonchev–Trinajstić information content (AvgIpc) is 2.64. The molecule has 0 radical (unpaired) electrons. The van der Waals surface area contributed by atoms with Gasteiger partial charge in [-0.1, -0.05) is 12.1 Å². The van der Waals surface area contributed by atoms with Crippen molar-refractivity contribution in [3.8, 4) is 0 Å². The molecule has 146 valence electrons. The molecular weight excluding hydrogens is 464 g/mol. The lowest BCUT2D eigenvalue weighted by Gasteiger charge is -2.12. The summed E-state index contributed by atoms with van der Waals surface area (Å²) in [5, 5.41) is 20.1. The number of nitrogens with zero attached hydrogens (tertiary/aromatic N) is 2. The number of hydrogen-bond acceptors (Lipinski definition) is 4. The zero-order valence-corrected chi connectivity index (χ0v) is 17.3. The van der Waals surface area contributed by atoms with Crippen LogP contribution in [0.5, 0.6) is 0 Å². The summed E-state index contributed by atoms with van der Waals surface area (Å²) in [5.74, 6) is 0.405. The van der Waals surface area contributed by atoms with Crippen LogP contribution in [-0.4, -0.2) is 30.5 Å². The second-order valence-electron chi connectivity index (χ2n) is 5.48. The van der Waals surface area contributed by atoms with Gasteiger partial charge >= 0.3 is 0 Å². The Morgan fingerprint density at radius 3 is 2.33 bits per heavy atom. The molecule has 2 aromatic carbocycles. The Morgan fingerprint density at radius 1 is 1.07 bits per heavy atom. The quantitative estimate of drug-likeness (QED) is 0.132. The molecule has 0 unspecified atom stereocenters. The number of anilines is 1. The molecule has 9 heteroatoms. The van der Waals surface area contributed by atoms with Crippen molar-refractivity contribution in [1.82, 2.24) is 10.6 Å². The number of non-ortho nitro benzene ring substituents is 1. The van der Waals surface area contributed by atoms with Gasteiger partial charge < -0.3 is 16.0 Å². The fraction of sp³-hybridized carbons (Fsp3) is 0.278. The van der Waals surface area contributed by atoms with Gasteiger partial charge in [0.25, 0.3) is 5.69 Å². The molecule has 27 heavy (non-hydrogen) atoms. The number of rotatable bonds is 8. The van der Waals surface area contributed by atoms with Crippen LogP contribution in [0.4, 0.5) is 15.8 Å². The Labute approximate surface area is 174 Å². The Bertz CT molecular complexity index is 738. The minimum atomic E-state index is -0.425. The number of aliphatic imine (C=N–C) groups is 1. The molecule has 3 N–H and O–H groups in total. The highest BCUT2D eigenvalue weighted by Crippen LogP contribution is 2.14. The number of benzene rings is 2. The van der Waals surface area contributed by atoms with Crippen molar-refractivity contribution in [2.45, 2.75) is 13.5 Å². The van der Waals surface area contributed by atoms with Gasteiger partial charge in [0.2, 0.25) is 0 Å². The van der Waals surface area contributed by atoms with E-state index in [2.05, 4.69) is 20.9 Å². The van der Waals surface area contributed by atoms with Crippen molar-refractivity contribution in [3.05, 3.63) is 70.0 Å². The SMILES string of the molecule is CCNC(=NCc1ccc(F)cc1)NCCNc1ccc([N+](=O)[O-])cc1.I. The van der Waals surface area contributed by atoms with Gasteiger partial charge in [0, 0.05) is 37.5 Å². The molecule has 7 nitrogen and oxygen atoms in total. The fourth-order valence-electron chi connectivity index (χ4n) is 2.19. The molecule has 2 rings (SSSR count). The summed E-state index contributed by atoms with van der Waals surface area (Å²) in [6.07, 6.45) is 0. The second-order valence-corrected chi connectivity index (χ2v) is 5.48. The maximum atomic E-state index is 12.9. The van der Waals surface area contributed by atoms with Gasteiger partial charge in [-0.05, 0) is 36.8 Å². The smallest absolute Gasteiger partial charge is 0.269 e. The molecule has 0 saturated carbocycles. The van der Waals surface area contributed by atoms with Gasteiger partial charge in [0.05, 0.1) is 11.5 Å². The van der Waals surface area contributed by atoms with Crippen LogP contribution in [0.3, 0.4) is 0 Å². The Balaban J connectivity index is 0.00000364. The van der Waals surface area contributed by atoms with E-state index in [1.165, 1.54) is 24.3 Å². The fourth-order valence-corrected chi connectivity index (χ4v) is 2.19. The number of guanidine groups is 1. The van der Waals surface area contributed by atoms with Crippen molar-refractivity contribution in [2.24, 2.45) is 4.99 Å².